The minimum absolute atomic E-state index is 0.0558. The second-order valence-corrected chi connectivity index (χ2v) is 6.56. The Kier molecular flexibility index (Phi) is 4.01. The highest BCUT2D eigenvalue weighted by atomic mass is 35.5. The predicted octanol–water partition coefficient (Wildman–Crippen LogP) is 3.64. The number of hydrogen-bond acceptors (Lipinski definition) is 4. The maximum Gasteiger partial charge on any atom is 0.410 e. The molecule has 0 aliphatic heterocycles. The number of carbonyl (C=O) groups is 1. The molecule has 130 valence electrons. The van der Waals surface area contributed by atoms with E-state index in [1.165, 1.54) is 23.1 Å². The van der Waals surface area contributed by atoms with Gasteiger partial charge in [0.1, 0.15) is 11.3 Å². The molecule has 1 amide bonds. The van der Waals surface area contributed by atoms with Crippen LogP contribution in [0, 0.1) is 5.82 Å². The van der Waals surface area contributed by atoms with E-state index < -0.39 is 24.5 Å². The van der Waals surface area contributed by atoms with E-state index in [4.69, 9.17) is 20.5 Å². The number of aromatic nitrogens is 3. The molecule has 2 rings (SSSR count). The van der Waals surface area contributed by atoms with Crippen LogP contribution in [0.1, 0.15) is 30.4 Å². The van der Waals surface area contributed by atoms with Crippen LogP contribution in [0.5, 0.6) is 0 Å². The third-order valence-electron chi connectivity index (χ3n) is 2.95. The number of carbonyl (C=O) groups excluding carboxylic acids is 1. The molecule has 2 aromatic rings. The van der Waals surface area contributed by atoms with Crippen molar-refractivity contribution in [2.45, 2.75) is 32.9 Å². The van der Waals surface area contributed by atoms with Crippen LogP contribution in [0.3, 0.4) is 0 Å². The lowest BCUT2D eigenvalue weighted by atomic mass is 10.1. The first kappa shape index (κ1) is 14.2. The van der Waals surface area contributed by atoms with Gasteiger partial charge in [0.25, 0.3) is 0 Å². The second-order valence-electron chi connectivity index (χ2n) is 6.21. The van der Waals surface area contributed by atoms with Gasteiger partial charge in [-0.2, -0.15) is 5.10 Å². The van der Waals surface area contributed by atoms with Gasteiger partial charge in [0.05, 0.1) is 6.54 Å². The van der Waals surface area contributed by atoms with Gasteiger partial charge in [0, 0.05) is 41.7 Å². The van der Waals surface area contributed by atoms with Crippen molar-refractivity contribution in [1.29, 1.82) is 0 Å². The summed E-state index contributed by atoms with van der Waals surface area (Å²) in [6.45, 7) is 1.78. The van der Waals surface area contributed by atoms with Gasteiger partial charge in [-0.1, -0.05) is 11.6 Å². The third-order valence-corrected chi connectivity index (χ3v) is 3.21. The SMILES string of the molecule is [2H]C([2H])([2H])N(Cc1cn(C)nc1-c1ccnc(Cl)c1F)C(=O)OC(C)(C)C. The highest BCUT2D eigenvalue weighted by Gasteiger charge is 2.22. The Labute approximate surface area is 149 Å². The summed E-state index contributed by atoms with van der Waals surface area (Å²) in [4.78, 5) is 16.6. The standard InChI is InChI=1S/C16H20ClFN4O2/c1-16(2,3)24-15(23)21(4)8-10-9-22(5)20-13(10)11-6-7-19-14(17)12(11)18/h6-7,9H,8H2,1-5H3/i4D3. The smallest absolute Gasteiger partial charge is 0.410 e. The van der Waals surface area contributed by atoms with Crippen LogP contribution in [-0.4, -0.2) is 38.3 Å². The quantitative estimate of drug-likeness (QED) is 0.787. The first-order chi connectivity index (χ1) is 12.3. The predicted molar refractivity (Wildman–Crippen MR) is 89.1 cm³/mol. The summed E-state index contributed by atoms with van der Waals surface area (Å²) in [6, 6.07) is 1.38. The van der Waals surface area contributed by atoms with Crippen molar-refractivity contribution in [3.63, 3.8) is 0 Å². The average Bonchev–Trinajstić information content (AvgIpc) is 2.85. The zero-order valence-corrected chi connectivity index (χ0v) is 14.6. The monoisotopic (exact) mass is 357 g/mol. The molecule has 8 heteroatoms. The molecule has 0 bridgehead atoms. The van der Waals surface area contributed by atoms with Gasteiger partial charge >= 0.3 is 6.09 Å². The number of nitrogens with zero attached hydrogens (tertiary/aromatic N) is 4. The third kappa shape index (κ3) is 4.23. The van der Waals surface area contributed by atoms with Crippen LogP contribution in [0.15, 0.2) is 18.5 Å². The lowest BCUT2D eigenvalue weighted by Gasteiger charge is -2.24. The molecule has 0 aliphatic rings. The van der Waals surface area contributed by atoms with E-state index in [1.807, 2.05) is 0 Å². The lowest BCUT2D eigenvalue weighted by Crippen LogP contribution is -2.33. The van der Waals surface area contributed by atoms with Crippen molar-refractivity contribution in [3.8, 4) is 11.3 Å². The maximum absolute atomic E-state index is 14.4. The first-order valence-electron chi connectivity index (χ1n) is 8.63. The molecule has 6 nitrogen and oxygen atoms in total. The zero-order chi connectivity index (χ0) is 20.6. The van der Waals surface area contributed by atoms with Gasteiger partial charge in [0.2, 0.25) is 0 Å². The lowest BCUT2D eigenvalue weighted by molar-refractivity contribution is 0.0285. The number of rotatable bonds is 3. The number of hydrogen-bond donors (Lipinski definition) is 0. The molecule has 0 radical (unpaired) electrons. The molecule has 0 spiro atoms. The Hall–Kier alpha value is -2.15. The molecule has 0 unspecified atom stereocenters. The van der Waals surface area contributed by atoms with Gasteiger partial charge in [-0.15, -0.1) is 0 Å². The van der Waals surface area contributed by atoms with E-state index in [0.717, 1.165) is 0 Å². The van der Waals surface area contributed by atoms with E-state index >= 15 is 0 Å². The van der Waals surface area contributed by atoms with Crippen molar-refractivity contribution in [3.05, 3.63) is 35.0 Å². The van der Waals surface area contributed by atoms with Gasteiger partial charge < -0.3 is 9.64 Å². The Balaban J connectivity index is 2.45. The highest BCUT2D eigenvalue weighted by molar-refractivity contribution is 6.29. The first-order valence-corrected chi connectivity index (χ1v) is 7.51. The zero-order valence-electron chi connectivity index (χ0n) is 16.8. The van der Waals surface area contributed by atoms with E-state index in [2.05, 4.69) is 10.1 Å². The summed E-state index contributed by atoms with van der Waals surface area (Å²) in [6.07, 6.45) is 1.81. The number of halogens is 2. The molecular weight excluding hydrogens is 335 g/mol. The number of ether oxygens (including phenoxy) is 1. The van der Waals surface area contributed by atoms with Crippen molar-refractivity contribution >= 4 is 17.7 Å². The molecule has 0 aromatic carbocycles. The summed E-state index contributed by atoms with van der Waals surface area (Å²) in [5.74, 6) is -0.781. The second kappa shape index (κ2) is 6.76. The van der Waals surface area contributed by atoms with Crippen molar-refractivity contribution < 1.29 is 18.0 Å². The van der Waals surface area contributed by atoms with E-state index in [0.29, 0.717) is 10.5 Å². The molecule has 0 fully saturated rings. The number of aryl methyl sites for hydroxylation is 1. The molecule has 0 aliphatic carbocycles. The Morgan fingerprint density at radius 1 is 1.54 bits per heavy atom. The summed E-state index contributed by atoms with van der Waals surface area (Å²) < 4.78 is 43.9. The maximum atomic E-state index is 14.4. The summed E-state index contributed by atoms with van der Waals surface area (Å²) >= 11 is 5.73. The summed E-state index contributed by atoms with van der Waals surface area (Å²) in [7, 11) is 1.60. The largest absolute Gasteiger partial charge is 0.444 e. The Morgan fingerprint density at radius 2 is 2.25 bits per heavy atom. The number of pyridine rings is 1. The summed E-state index contributed by atoms with van der Waals surface area (Å²) in [5.41, 5.74) is -0.332. The molecule has 2 heterocycles. The molecule has 2 aromatic heterocycles. The van der Waals surface area contributed by atoms with E-state index in [1.54, 1.807) is 27.8 Å². The molecule has 0 atom stereocenters. The fourth-order valence-corrected chi connectivity index (χ4v) is 2.19. The molecule has 0 saturated carbocycles. The normalized spacial score (nSPS) is 13.8. The molecule has 0 saturated heterocycles. The van der Waals surface area contributed by atoms with Crippen LogP contribution >= 0.6 is 11.6 Å². The Morgan fingerprint density at radius 3 is 2.88 bits per heavy atom. The van der Waals surface area contributed by atoms with Crippen molar-refractivity contribution in [1.82, 2.24) is 19.7 Å². The van der Waals surface area contributed by atoms with Gasteiger partial charge in [0.15, 0.2) is 11.0 Å². The van der Waals surface area contributed by atoms with Gasteiger partial charge in [-0.05, 0) is 26.8 Å². The summed E-state index contributed by atoms with van der Waals surface area (Å²) in [5, 5.41) is 3.85. The van der Waals surface area contributed by atoms with Crippen LogP contribution in [0.25, 0.3) is 11.3 Å². The van der Waals surface area contributed by atoms with Crippen molar-refractivity contribution in [2.75, 3.05) is 6.98 Å². The number of amides is 1. The van der Waals surface area contributed by atoms with Crippen LogP contribution < -0.4 is 0 Å². The average molecular weight is 358 g/mol. The van der Waals surface area contributed by atoms with E-state index in [9.17, 15) is 9.18 Å². The van der Waals surface area contributed by atoms with E-state index in [-0.39, 0.29) is 23.0 Å². The molecular formula is C16H20ClFN4O2. The molecule has 0 N–H and O–H groups in total. The topological polar surface area (TPSA) is 60.2 Å². The van der Waals surface area contributed by atoms with Gasteiger partial charge in [-0.25, -0.2) is 14.2 Å². The Bertz CT molecular complexity index is 849. The fourth-order valence-electron chi connectivity index (χ4n) is 2.03. The highest BCUT2D eigenvalue weighted by Crippen LogP contribution is 2.28. The van der Waals surface area contributed by atoms with Crippen molar-refractivity contribution in [2.24, 2.45) is 7.05 Å². The van der Waals surface area contributed by atoms with Crippen LogP contribution in [0.2, 0.25) is 5.15 Å². The fraction of sp³-hybridized carbons (Fsp3) is 0.438. The van der Waals surface area contributed by atoms with Crippen LogP contribution in [0.4, 0.5) is 9.18 Å². The minimum atomic E-state index is -2.76. The van der Waals surface area contributed by atoms with Gasteiger partial charge in [-0.3, -0.25) is 4.68 Å². The van der Waals surface area contributed by atoms with Crippen LogP contribution in [-0.2, 0) is 18.3 Å². The molecule has 24 heavy (non-hydrogen) atoms. The minimum Gasteiger partial charge on any atom is -0.444 e.